The van der Waals surface area contributed by atoms with Gasteiger partial charge in [-0.25, -0.2) is 9.97 Å². The zero-order chi connectivity index (χ0) is 12.2. The number of nitrogens with zero attached hydrogens (tertiary/aromatic N) is 2. The van der Waals surface area contributed by atoms with Gasteiger partial charge < -0.3 is 5.32 Å². The molecule has 1 rings (SSSR count). The molecule has 1 heterocycles. The van der Waals surface area contributed by atoms with Gasteiger partial charge in [0.15, 0.2) is 0 Å². The number of rotatable bonds is 4. The van der Waals surface area contributed by atoms with Crippen LogP contribution in [-0.4, -0.2) is 31.2 Å². The molecule has 0 saturated carbocycles. The number of anilines is 1. The molecule has 0 aliphatic heterocycles. The largest absolute Gasteiger partial charge is 0.353 e. The lowest BCUT2D eigenvalue weighted by molar-refractivity contribution is 0.649. The summed E-state index contributed by atoms with van der Waals surface area (Å²) in [5.74, 6) is 1.21. The van der Waals surface area contributed by atoms with Gasteiger partial charge in [0.1, 0.15) is 0 Å². The number of hydrogen-bond donors (Lipinski definition) is 1. The molecule has 90 valence electrons. The van der Waals surface area contributed by atoms with E-state index in [0.717, 1.165) is 5.69 Å². The SMILES string of the molecule is Cc1ccnc(NCCS(=O)C(C)(C)C)n1. The Morgan fingerprint density at radius 3 is 2.69 bits per heavy atom. The van der Waals surface area contributed by atoms with Crippen LogP contribution in [0.1, 0.15) is 26.5 Å². The minimum absolute atomic E-state index is 0.158. The van der Waals surface area contributed by atoms with Gasteiger partial charge in [0.05, 0.1) is 0 Å². The molecular weight excluding hydrogens is 222 g/mol. The maximum Gasteiger partial charge on any atom is 0.222 e. The highest BCUT2D eigenvalue weighted by atomic mass is 32.2. The first-order valence-electron chi connectivity index (χ1n) is 5.31. The van der Waals surface area contributed by atoms with Crippen LogP contribution in [0.5, 0.6) is 0 Å². The highest BCUT2D eigenvalue weighted by Crippen LogP contribution is 2.10. The molecule has 1 atom stereocenters. The first-order chi connectivity index (χ1) is 7.39. The highest BCUT2D eigenvalue weighted by molar-refractivity contribution is 7.86. The molecule has 0 radical (unpaired) electrons. The molecule has 0 aliphatic rings. The Hall–Kier alpha value is -0.970. The third-order valence-electron chi connectivity index (χ3n) is 2.05. The van der Waals surface area contributed by atoms with E-state index in [1.165, 1.54) is 0 Å². The van der Waals surface area contributed by atoms with E-state index < -0.39 is 10.8 Å². The van der Waals surface area contributed by atoms with Crippen LogP contribution >= 0.6 is 0 Å². The molecule has 16 heavy (non-hydrogen) atoms. The van der Waals surface area contributed by atoms with Crippen molar-refractivity contribution in [2.45, 2.75) is 32.4 Å². The maximum absolute atomic E-state index is 11.8. The van der Waals surface area contributed by atoms with E-state index in [4.69, 9.17) is 0 Å². The van der Waals surface area contributed by atoms with Crippen LogP contribution in [0.4, 0.5) is 5.95 Å². The first kappa shape index (κ1) is 13.1. The van der Waals surface area contributed by atoms with Crippen molar-refractivity contribution in [2.24, 2.45) is 0 Å². The van der Waals surface area contributed by atoms with Crippen LogP contribution < -0.4 is 5.32 Å². The average molecular weight is 241 g/mol. The fourth-order valence-corrected chi connectivity index (χ4v) is 2.00. The molecule has 1 aromatic heterocycles. The van der Waals surface area contributed by atoms with Gasteiger partial charge in [-0.1, -0.05) is 0 Å². The van der Waals surface area contributed by atoms with E-state index in [1.807, 2.05) is 33.8 Å². The second-order valence-corrected chi connectivity index (χ2v) is 6.93. The van der Waals surface area contributed by atoms with Gasteiger partial charge in [0.2, 0.25) is 5.95 Å². The number of aryl methyl sites for hydroxylation is 1. The third kappa shape index (κ3) is 4.26. The summed E-state index contributed by atoms with van der Waals surface area (Å²) in [7, 11) is -0.834. The third-order valence-corrected chi connectivity index (χ3v) is 3.99. The van der Waals surface area contributed by atoms with Crippen molar-refractivity contribution in [3.8, 4) is 0 Å². The Labute approximate surface area is 99.3 Å². The van der Waals surface area contributed by atoms with E-state index in [9.17, 15) is 4.21 Å². The van der Waals surface area contributed by atoms with Gasteiger partial charge in [-0.15, -0.1) is 0 Å². The lowest BCUT2D eigenvalue weighted by Gasteiger charge is -2.17. The second-order valence-electron chi connectivity index (χ2n) is 4.61. The standard InChI is InChI=1S/C11H19N3OS/c1-9-5-6-12-10(14-9)13-7-8-16(15)11(2,3)4/h5-6H,7-8H2,1-4H3,(H,12,13,14). The van der Waals surface area contributed by atoms with Gasteiger partial charge in [0, 0.05) is 39.7 Å². The van der Waals surface area contributed by atoms with Crippen LogP contribution in [0.3, 0.4) is 0 Å². The van der Waals surface area contributed by atoms with Crippen LogP contribution in [0.15, 0.2) is 12.3 Å². The van der Waals surface area contributed by atoms with E-state index in [-0.39, 0.29) is 4.75 Å². The zero-order valence-corrected chi connectivity index (χ0v) is 11.1. The van der Waals surface area contributed by atoms with Gasteiger partial charge in [-0.2, -0.15) is 0 Å². The lowest BCUT2D eigenvalue weighted by atomic mass is 10.3. The molecule has 0 spiro atoms. The summed E-state index contributed by atoms with van der Waals surface area (Å²) < 4.78 is 11.6. The van der Waals surface area contributed by atoms with Gasteiger partial charge in [-0.05, 0) is 33.8 Å². The molecule has 1 unspecified atom stereocenters. The van der Waals surface area contributed by atoms with Crippen molar-refractivity contribution < 1.29 is 4.21 Å². The van der Waals surface area contributed by atoms with Gasteiger partial charge in [0.25, 0.3) is 0 Å². The summed E-state index contributed by atoms with van der Waals surface area (Å²) in [5.41, 5.74) is 0.925. The van der Waals surface area contributed by atoms with Crippen molar-refractivity contribution in [1.29, 1.82) is 0 Å². The quantitative estimate of drug-likeness (QED) is 0.872. The second kappa shape index (κ2) is 5.39. The van der Waals surface area contributed by atoms with Crippen molar-refractivity contribution >= 4 is 16.7 Å². The van der Waals surface area contributed by atoms with Crippen molar-refractivity contribution in [1.82, 2.24) is 9.97 Å². The van der Waals surface area contributed by atoms with Crippen LogP contribution in [-0.2, 0) is 10.8 Å². The number of hydrogen-bond acceptors (Lipinski definition) is 4. The lowest BCUT2D eigenvalue weighted by Crippen LogP contribution is -2.27. The Balaban J connectivity index is 2.39. The van der Waals surface area contributed by atoms with E-state index in [0.29, 0.717) is 18.2 Å². The summed E-state index contributed by atoms with van der Waals surface area (Å²) in [4.78, 5) is 8.29. The molecule has 0 aliphatic carbocycles. The monoisotopic (exact) mass is 241 g/mol. The van der Waals surface area contributed by atoms with E-state index >= 15 is 0 Å². The fraction of sp³-hybridized carbons (Fsp3) is 0.636. The summed E-state index contributed by atoms with van der Waals surface area (Å²) in [5, 5.41) is 3.07. The molecule has 1 N–H and O–H groups in total. The molecular formula is C11H19N3OS. The van der Waals surface area contributed by atoms with Crippen molar-refractivity contribution in [3.63, 3.8) is 0 Å². The summed E-state index contributed by atoms with van der Waals surface area (Å²) >= 11 is 0. The smallest absolute Gasteiger partial charge is 0.222 e. The van der Waals surface area contributed by atoms with Crippen LogP contribution in [0.25, 0.3) is 0 Å². The van der Waals surface area contributed by atoms with Crippen LogP contribution in [0, 0.1) is 6.92 Å². The maximum atomic E-state index is 11.8. The Bertz CT molecular complexity index is 374. The Morgan fingerprint density at radius 1 is 1.44 bits per heavy atom. The van der Waals surface area contributed by atoms with Crippen molar-refractivity contribution in [3.05, 3.63) is 18.0 Å². The van der Waals surface area contributed by atoms with E-state index in [1.54, 1.807) is 6.20 Å². The first-order valence-corrected chi connectivity index (χ1v) is 6.63. The van der Waals surface area contributed by atoms with Gasteiger partial charge in [-0.3, -0.25) is 4.21 Å². The molecule has 1 aromatic rings. The average Bonchev–Trinajstić information content (AvgIpc) is 2.16. The summed E-state index contributed by atoms with van der Waals surface area (Å²) in [6.07, 6.45) is 1.71. The van der Waals surface area contributed by atoms with Gasteiger partial charge >= 0.3 is 0 Å². The Kier molecular flexibility index (Phi) is 4.41. The minimum Gasteiger partial charge on any atom is -0.353 e. The van der Waals surface area contributed by atoms with E-state index in [2.05, 4.69) is 15.3 Å². The number of aromatic nitrogens is 2. The highest BCUT2D eigenvalue weighted by Gasteiger charge is 2.18. The normalized spacial score (nSPS) is 13.5. The summed E-state index contributed by atoms with van der Waals surface area (Å²) in [6, 6.07) is 1.85. The zero-order valence-electron chi connectivity index (χ0n) is 10.3. The molecule has 0 aromatic carbocycles. The topological polar surface area (TPSA) is 54.9 Å². The fourth-order valence-electron chi connectivity index (χ4n) is 1.10. The van der Waals surface area contributed by atoms with Crippen molar-refractivity contribution in [2.75, 3.05) is 17.6 Å². The predicted molar refractivity (Wildman–Crippen MR) is 68.0 cm³/mol. The molecule has 0 fully saturated rings. The molecule has 0 bridgehead atoms. The number of nitrogens with one attached hydrogen (secondary N) is 1. The predicted octanol–water partition coefficient (Wildman–Crippen LogP) is 1.74. The van der Waals surface area contributed by atoms with Crippen LogP contribution in [0.2, 0.25) is 0 Å². The molecule has 0 amide bonds. The summed E-state index contributed by atoms with van der Waals surface area (Å²) in [6.45, 7) is 8.48. The molecule has 0 saturated heterocycles. The Morgan fingerprint density at radius 2 is 2.12 bits per heavy atom. The minimum atomic E-state index is -0.834. The molecule has 4 nitrogen and oxygen atoms in total. The molecule has 5 heteroatoms.